The fourth-order valence-corrected chi connectivity index (χ4v) is 0.214. The van der Waals surface area contributed by atoms with Crippen LogP contribution >= 0.6 is 0 Å². The van der Waals surface area contributed by atoms with Crippen molar-refractivity contribution < 1.29 is 21.1 Å². The molecule has 0 aliphatic rings. The fraction of sp³-hybridized carbons (Fsp3) is 0.250. The van der Waals surface area contributed by atoms with Crippen LogP contribution in [0.4, 0.5) is 0 Å². The molecule has 0 atom stereocenters. The third kappa shape index (κ3) is 31.0. The van der Waals surface area contributed by atoms with Crippen LogP contribution in [0.1, 0.15) is 12.8 Å². The van der Waals surface area contributed by atoms with E-state index in [1.165, 1.54) is 0 Å². The molecule has 0 nitrogen and oxygen atoms in total. The standard InChI is InChI=1S/C6H9.2CH3.Pt/c1-3-5-6-4-2;;;/h1,3-4H,2,5-6H2;2*1H3;/q3*-1;. The van der Waals surface area contributed by atoms with Gasteiger partial charge in [-0.1, -0.05) is 12.5 Å². The van der Waals surface area contributed by atoms with Gasteiger partial charge in [0.05, 0.1) is 0 Å². The molecule has 60 valence electrons. The maximum Gasteiger partial charge on any atom is 0 e. The SMILES string of the molecule is [CH-]=CCCC=C.[CH3-].[CH3-].[Pt]. The van der Waals surface area contributed by atoms with E-state index in [4.69, 9.17) is 6.58 Å². The van der Waals surface area contributed by atoms with Gasteiger partial charge in [-0.3, -0.25) is 6.08 Å². The van der Waals surface area contributed by atoms with Gasteiger partial charge in [0, 0.05) is 21.1 Å². The summed E-state index contributed by atoms with van der Waals surface area (Å²) >= 11 is 0. The summed E-state index contributed by atoms with van der Waals surface area (Å²) in [6.45, 7) is 8.56. The summed E-state index contributed by atoms with van der Waals surface area (Å²) in [6.07, 6.45) is 5.44. The molecule has 0 aromatic heterocycles. The molecule has 0 N–H and O–H groups in total. The molecule has 0 saturated heterocycles. The largest absolute Gasteiger partial charge is 0.518 e. The summed E-state index contributed by atoms with van der Waals surface area (Å²) in [4.78, 5) is 0. The molecule has 0 aliphatic carbocycles. The molecule has 0 unspecified atom stereocenters. The molecule has 0 heterocycles. The van der Waals surface area contributed by atoms with E-state index in [1.54, 1.807) is 6.08 Å². The molecule has 0 rings (SSSR count). The molecule has 0 saturated carbocycles. The van der Waals surface area contributed by atoms with Crippen molar-refractivity contribution >= 4 is 0 Å². The van der Waals surface area contributed by atoms with Gasteiger partial charge in [0.25, 0.3) is 0 Å². The summed E-state index contributed by atoms with van der Waals surface area (Å²) in [5.74, 6) is 0. The second-order valence-corrected chi connectivity index (χ2v) is 1.10. The van der Waals surface area contributed by atoms with Crippen molar-refractivity contribution in [2.75, 3.05) is 0 Å². The van der Waals surface area contributed by atoms with Crippen LogP contribution < -0.4 is 0 Å². The molecule has 0 bridgehead atoms. The van der Waals surface area contributed by atoms with Crippen LogP contribution in [0.3, 0.4) is 0 Å². The number of allylic oxidation sites excluding steroid dienone is 2. The third-order valence-corrected chi connectivity index (χ3v) is 0.537. The van der Waals surface area contributed by atoms with Crippen molar-refractivity contribution in [2.45, 2.75) is 12.8 Å². The molecule has 0 aromatic carbocycles. The smallest absolute Gasteiger partial charge is 0 e. The first-order valence-electron chi connectivity index (χ1n) is 2.06. The maximum atomic E-state index is 5.04. The Balaban J connectivity index is -0.0000000417. The molecule has 0 radical (unpaired) electrons. The van der Waals surface area contributed by atoms with Crippen molar-refractivity contribution in [3.05, 3.63) is 40.2 Å². The summed E-state index contributed by atoms with van der Waals surface area (Å²) in [5, 5.41) is 0. The van der Waals surface area contributed by atoms with Gasteiger partial charge in [-0.05, 0) is 6.42 Å². The van der Waals surface area contributed by atoms with E-state index in [2.05, 4.69) is 6.58 Å². The molecule has 0 aliphatic heterocycles. The molecule has 9 heavy (non-hydrogen) atoms. The van der Waals surface area contributed by atoms with E-state index in [1.807, 2.05) is 6.08 Å². The van der Waals surface area contributed by atoms with Crippen LogP contribution in [0, 0.1) is 21.4 Å². The second-order valence-electron chi connectivity index (χ2n) is 1.10. The minimum Gasteiger partial charge on any atom is -0.518 e. The van der Waals surface area contributed by atoms with Gasteiger partial charge in [-0.15, -0.1) is 6.58 Å². The summed E-state index contributed by atoms with van der Waals surface area (Å²) in [7, 11) is 0. The Hall–Kier alpha value is 0.168. The Labute approximate surface area is 74.3 Å². The monoisotopic (exact) mass is 306 g/mol. The number of hydrogen-bond acceptors (Lipinski definition) is 0. The van der Waals surface area contributed by atoms with Crippen molar-refractivity contribution in [2.24, 2.45) is 0 Å². The van der Waals surface area contributed by atoms with Gasteiger partial charge in [-0.2, -0.15) is 0 Å². The van der Waals surface area contributed by atoms with Crippen LogP contribution in [0.25, 0.3) is 0 Å². The molecule has 1 heteroatoms. The molecule has 0 fully saturated rings. The normalized spacial score (nSPS) is 4.89. The predicted molar refractivity (Wildman–Crippen MR) is 41.1 cm³/mol. The van der Waals surface area contributed by atoms with Gasteiger partial charge in [-0.25, -0.2) is 0 Å². The van der Waals surface area contributed by atoms with E-state index >= 15 is 0 Å². The van der Waals surface area contributed by atoms with Crippen molar-refractivity contribution in [1.82, 2.24) is 0 Å². The zero-order valence-corrected chi connectivity index (χ0v) is 8.44. The minimum absolute atomic E-state index is 0. The van der Waals surface area contributed by atoms with Crippen molar-refractivity contribution in [3.63, 3.8) is 0 Å². The molecular weight excluding hydrogens is 291 g/mol. The van der Waals surface area contributed by atoms with E-state index in [9.17, 15) is 0 Å². The molecular formula is C8H15Pt-3. The quantitative estimate of drug-likeness (QED) is 0.427. The molecule has 0 spiro atoms. The third-order valence-electron chi connectivity index (χ3n) is 0.537. The van der Waals surface area contributed by atoms with E-state index in [0.29, 0.717) is 0 Å². The Morgan fingerprint density at radius 2 is 1.67 bits per heavy atom. The van der Waals surface area contributed by atoms with Crippen LogP contribution in [0.2, 0.25) is 0 Å². The van der Waals surface area contributed by atoms with E-state index in [0.717, 1.165) is 12.8 Å². The second kappa shape index (κ2) is 24.2. The first-order valence-corrected chi connectivity index (χ1v) is 2.06. The van der Waals surface area contributed by atoms with Crippen molar-refractivity contribution in [1.29, 1.82) is 0 Å². The summed E-state index contributed by atoms with van der Waals surface area (Å²) in [6, 6.07) is 0. The topological polar surface area (TPSA) is 0 Å². The predicted octanol–water partition coefficient (Wildman–Crippen LogP) is 2.84. The maximum absolute atomic E-state index is 5.04. The van der Waals surface area contributed by atoms with Crippen molar-refractivity contribution in [3.8, 4) is 0 Å². The van der Waals surface area contributed by atoms with Gasteiger partial charge < -0.3 is 21.4 Å². The summed E-state index contributed by atoms with van der Waals surface area (Å²) < 4.78 is 0. The van der Waals surface area contributed by atoms with Crippen LogP contribution in [-0.4, -0.2) is 0 Å². The first-order chi connectivity index (χ1) is 2.91. The van der Waals surface area contributed by atoms with E-state index in [-0.39, 0.29) is 35.9 Å². The average Bonchev–Trinajstić information content (AvgIpc) is 1.61. The van der Waals surface area contributed by atoms with Gasteiger partial charge >= 0.3 is 0 Å². The Morgan fingerprint density at radius 1 is 1.22 bits per heavy atom. The molecule has 0 aromatic rings. The van der Waals surface area contributed by atoms with Crippen LogP contribution in [0.15, 0.2) is 18.7 Å². The van der Waals surface area contributed by atoms with Crippen LogP contribution in [-0.2, 0) is 21.1 Å². The van der Waals surface area contributed by atoms with Gasteiger partial charge in [0.1, 0.15) is 0 Å². The fourth-order valence-electron chi connectivity index (χ4n) is 0.214. The first kappa shape index (κ1) is 22.9. The van der Waals surface area contributed by atoms with E-state index < -0.39 is 0 Å². The Bertz CT molecular complexity index is 40.5. The number of unbranched alkanes of at least 4 members (excludes halogenated alkanes) is 1. The zero-order chi connectivity index (χ0) is 4.83. The zero-order valence-electron chi connectivity index (χ0n) is 6.17. The van der Waals surface area contributed by atoms with Gasteiger partial charge in [0.15, 0.2) is 0 Å². The average molecular weight is 306 g/mol. The molecule has 0 amide bonds. The van der Waals surface area contributed by atoms with Crippen LogP contribution in [0.5, 0.6) is 0 Å². The van der Waals surface area contributed by atoms with Gasteiger partial charge in [0.2, 0.25) is 0 Å². The summed E-state index contributed by atoms with van der Waals surface area (Å²) in [5.41, 5.74) is 0. The number of hydrogen-bond donors (Lipinski definition) is 0. The Morgan fingerprint density at radius 3 is 1.78 bits per heavy atom. The number of rotatable bonds is 3. The Kier molecular flexibility index (Phi) is 61.5. The minimum atomic E-state index is 0.